The molecule has 1 aliphatic carbocycles. The predicted molar refractivity (Wildman–Crippen MR) is 75.9 cm³/mol. The second-order valence-electron chi connectivity index (χ2n) is 5.27. The third-order valence-corrected chi connectivity index (χ3v) is 3.79. The Hall–Kier alpha value is -1.87. The van der Waals surface area contributed by atoms with Gasteiger partial charge in [-0.25, -0.2) is 4.98 Å². The highest BCUT2D eigenvalue weighted by molar-refractivity contribution is 5.49. The number of nitrogens with zero attached hydrogens (tertiary/aromatic N) is 1. The molecule has 2 aromatic rings. The van der Waals surface area contributed by atoms with Gasteiger partial charge in [-0.2, -0.15) is 0 Å². The van der Waals surface area contributed by atoms with E-state index in [-0.39, 0.29) is 0 Å². The molecule has 1 aromatic heterocycles. The Labute approximate surface area is 113 Å². The highest BCUT2D eigenvalue weighted by Gasteiger charge is 2.24. The molecule has 1 fully saturated rings. The van der Waals surface area contributed by atoms with Crippen LogP contribution >= 0.6 is 0 Å². The molecule has 1 saturated carbocycles. The lowest BCUT2D eigenvalue weighted by Gasteiger charge is -2.16. The van der Waals surface area contributed by atoms with Crippen molar-refractivity contribution < 1.29 is 5.11 Å². The normalized spacial score (nSPS) is 16.3. The van der Waals surface area contributed by atoms with Gasteiger partial charge in [-0.1, -0.05) is 24.3 Å². The third kappa shape index (κ3) is 2.34. The Morgan fingerprint density at radius 3 is 2.79 bits per heavy atom. The number of benzene rings is 1. The van der Waals surface area contributed by atoms with Gasteiger partial charge in [0.1, 0.15) is 11.9 Å². The SMILES string of the molecule is Cc1ccnc(N)c1C(O)c1cccc(C2CC2)c1. The van der Waals surface area contributed by atoms with Crippen LogP contribution in [-0.4, -0.2) is 10.1 Å². The average molecular weight is 254 g/mol. The van der Waals surface area contributed by atoms with E-state index in [1.165, 1.54) is 18.4 Å². The van der Waals surface area contributed by atoms with Gasteiger partial charge in [0.2, 0.25) is 0 Å². The van der Waals surface area contributed by atoms with Crippen LogP contribution in [0.2, 0.25) is 0 Å². The van der Waals surface area contributed by atoms with Crippen LogP contribution in [0.15, 0.2) is 36.5 Å². The van der Waals surface area contributed by atoms with Gasteiger partial charge in [0.05, 0.1) is 0 Å². The third-order valence-electron chi connectivity index (χ3n) is 3.79. The molecule has 3 heteroatoms. The molecule has 1 unspecified atom stereocenters. The van der Waals surface area contributed by atoms with Gasteiger partial charge >= 0.3 is 0 Å². The number of anilines is 1. The first-order valence-electron chi connectivity index (χ1n) is 6.65. The summed E-state index contributed by atoms with van der Waals surface area (Å²) in [5, 5.41) is 10.6. The lowest BCUT2D eigenvalue weighted by molar-refractivity contribution is 0.220. The predicted octanol–water partition coefficient (Wildman–Crippen LogP) is 2.93. The number of aryl methyl sites for hydroxylation is 1. The fourth-order valence-corrected chi connectivity index (χ4v) is 2.51. The molecule has 1 aromatic carbocycles. The molecule has 3 rings (SSSR count). The average Bonchev–Trinajstić information content (AvgIpc) is 3.23. The minimum Gasteiger partial charge on any atom is -0.384 e. The van der Waals surface area contributed by atoms with E-state index in [0.717, 1.165) is 16.7 Å². The fraction of sp³-hybridized carbons (Fsp3) is 0.312. The highest BCUT2D eigenvalue weighted by Crippen LogP contribution is 2.41. The topological polar surface area (TPSA) is 59.1 Å². The van der Waals surface area contributed by atoms with Gasteiger partial charge in [0, 0.05) is 11.8 Å². The van der Waals surface area contributed by atoms with Crippen LogP contribution < -0.4 is 5.73 Å². The molecular formula is C16H18N2O. The Morgan fingerprint density at radius 1 is 1.32 bits per heavy atom. The first-order valence-corrected chi connectivity index (χ1v) is 6.65. The number of rotatable bonds is 3. The molecule has 3 nitrogen and oxygen atoms in total. The number of hydrogen-bond acceptors (Lipinski definition) is 3. The second-order valence-corrected chi connectivity index (χ2v) is 5.27. The standard InChI is InChI=1S/C16H18N2O/c1-10-7-8-18-16(17)14(10)15(19)13-4-2-3-12(9-13)11-5-6-11/h2-4,7-9,11,15,19H,5-6H2,1H3,(H2,17,18). The zero-order valence-electron chi connectivity index (χ0n) is 11.0. The van der Waals surface area contributed by atoms with Crippen LogP contribution in [0.1, 0.15) is 47.1 Å². The van der Waals surface area contributed by atoms with E-state index in [4.69, 9.17) is 5.73 Å². The molecule has 98 valence electrons. The largest absolute Gasteiger partial charge is 0.384 e. The summed E-state index contributed by atoms with van der Waals surface area (Å²) in [6.07, 6.45) is 3.48. The zero-order valence-corrected chi connectivity index (χ0v) is 11.0. The molecule has 1 heterocycles. The van der Waals surface area contributed by atoms with Crippen LogP contribution in [-0.2, 0) is 0 Å². The summed E-state index contributed by atoms with van der Waals surface area (Å²) in [7, 11) is 0. The second kappa shape index (κ2) is 4.67. The fourth-order valence-electron chi connectivity index (χ4n) is 2.51. The van der Waals surface area contributed by atoms with E-state index in [0.29, 0.717) is 11.7 Å². The lowest BCUT2D eigenvalue weighted by Crippen LogP contribution is -2.08. The van der Waals surface area contributed by atoms with E-state index in [1.54, 1.807) is 6.20 Å². The van der Waals surface area contributed by atoms with Gasteiger partial charge < -0.3 is 10.8 Å². The first kappa shape index (κ1) is 12.2. The Kier molecular flexibility index (Phi) is 2.99. The summed E-state index contributed by atoms with van der Waals surface area (Å²) >= 11 is 0. The molecule has 0 bridgehead atoms. The Balaban J connectivity index is 1.99. The van der Waals surface area contributed by atoms with Crippen molar-refractivity contribution in [2.45, 2.75) is 31.8 Å². The van der Waals surface area contributed by atoms with Crippen molar-refractivity contribution in [1.82, 2.24) is 4.98 Å². The van der Waals surface area contributed by atoms with Gasteiger partial charge in [0.25, 0.3) is 0 Å². The highest BCUT2D eigenvalue weighted by atomic mass is 16.3. The van der Waals surface area contributed by atoms with Gasteiger partial charge in [0.15, 0.2) is 0 Å². The molecule has 0 saturated heterocycles. The van der Waals surface area contributed by atoms with Crippen molar-refractivity contribution in [2.24, 2.45) is 0 Å². The number of nitrogens with two attached hydrogens (primary N) is 1. The summed E-state index contributed by atoms with van der Waals surface area (Å²) in [6, 6.07) is 10.1. The summed E-state index contributed by atoms with van der Waals surface area (Å²) in [5.74, 6) is 1.09. The molecule has 19 heavy (non-hydrogen) atoms. The van der Waals surface area contributed by atoms with Gasteiger partial charge in [-0.15, -0.1) is 0 Å². The van der Waals surface area contributed by atoms with Crippen molar-refractivity contribution in [3.05, 3.63) is 58.8 Å². The smallest absolute Gasteiger partial charge is 0.129 e. The number of aliphatic hydroxyl groups excluding tert-OH is 1. The summed E-state index contributed by atoms with van der Waals surface area (Å²) < 4.78 is 0. The van der Waals surface area contributed by atoms with Crippen LogP contribution in [0, 0.1) is 6.92 Å². The number of nitrogen functional groups attached to an aromatic ring is 1. The van der Waals surface area contributed by atoms with Crippen molar-refractivity contribution >= 4 is 5.82 Å². The van der Waals surface area contributed by atoms with E-state index in [9.17, 15) is 5.11 Å². The molecule has 0 aliphatic heterocycles. The first-order chi connectivity index (χ1) is 9.16. The minimum absolute atomic E-state index is 0.407. The molecule has 0 radical (unpaired) electrons. The molecular weight excluding hydrogens is 236 g/mol. The molecule has 1 atom stereocenters. The maximum Gasteiger partial charge on any atom is 0.129 e. The maximum atomic E-state index is 10.6. The maximum absolute atomic E-state index is 10.6. The molecule has 0 spiro atoms. The van der Waals surface area contributed by atoms with E-state index in [1.807, 2.05) is 25.1 Å². The van der Waals surface area contributed by atoms with Crippen LogP contribution in [0.4, 0.5) is 5.82 Å². The Morgan fingerprint density at radius 2 is 2.11 bits per heavy atom. The van der Waals surface area contributed by atoms with Gasteiger partial charge in [-0.3, -0.25) is 0 Å². The zero-order chi connectivity index (χ0) is 13.4. The van der Waals surface area contributed by atoms with Crippen LogP contribution in [0.3, 0.4) is 0 Å². The van der Waals surface area contributed by atoms with Crippen LogP contribution in [0.25, 0.3) is 0 Å². The number of aromatic nitrogens is 1. The van der Waals surface area contributed by atoms with E-state index >= 15 is 0 Å². The lowest BCUT2D eigenvalue weighted by atomic mass is 9.96. The molecule has 3 N–H and O–H groups in total. The summed E-state index contributed by atoms with van der Waals surface area (Å²) in [6.45, 7) is 1.95. The van der Waals surface area contributed by atoms with E-state index < -0.39 is 6.10 Å². The molecule has 0 amide bonds. The Bertz CT molecular complexity index is 585. The monoisotopic (exact) mass is 254 g/mol. The number of aliphatic hydroxyl groups is 1. The minimum atomic E-state index is -0.701. The number of hydrogen-bond donors (Lipinski definition) is 2. The summed E-state index contributed by atoms with van der Waals surface area (Å²) in [4.78, 5) is 4.07. The number of pyridine rings is 1. The van der Waals surface area contributed by atoms with Crippen molar-refractivity contribution in [2.75, 3.05) is 5.73 Å². The summed E-state index contributed by atoms with van der Waals surface area (Å²) in [5.41, 5.74) is 9.80. The quantitative estimate of drug-likeness (QED) is 0.885. The van der Waals surface area contributed by atoms with Crippen molar-refractivity contribution in [3.8, 4) is 0 Å². The molecule has 1 aliphatic rings. The van der Waals surface area contributed by atoms with Crippen molar-refractivity contribution in [1.29, 1.82) is 0 Å². The van der Waals surface area contributed by atoms with Gasteiger partial charge in [-0.05, 0) is 48.4 Å². The van der Waals surface area contributed by atoms with E-state index in [2.05, 4.69) is 17.1 Å². The van der Waals surface area contributed by atoms with Crippen molar-refractivity contribution in [3.63, 3.8) is 0 Å². The van der Waals surface area contributed by atoms with Crippen LogP contribution in [0.5, 0.6) is 0 Å².